The smallest absolute Gasteiger partial charge is 0.265 e. The molecule has 4 nitrogen and oxygen atoms in total. The highest BCUT2D eigenvalue weighted by Crippen LogP contribution is 2.31. The van der Waals surface area contributed by atoms with Crippen molar-refractivity contribution >= 4 is 39.4 Å². The highest BCUT2D eigenvalue weighted by molar-refractivity contribution is 7.12. The molecule has 1 aliphatic rings. The Morgan fingerprint density at radius 2 is 2.17 bits per heavy atom. The van der Waals surface area contributed by atoms with E-state index in [0.29, 0.717) is 0 Å². The van der Waals surface area contributed by atoms with E-state index in [1.54, 1.807) is 0 Å². The summed E-state index contributed by atoms with van der Waals surface area (Å²) < 4.78 is 0. The summed E-state index contributed by atoms with van der Waals surface area (Å²) in [5.41, 5.74) is 4.61. The number of carbonyl (C=O) groups is 1. The van der Waals surface area contributed by atoms with Gasteiger partial charge in [0.15, 0.2) is 0 Å². The number of nitrogens with one attached hydrogen (secondary N) is 2. The van der Waals surface area contributed by atoms with Gasteiger partial charge in [0.25, 0.3) is 5.91 Å². The molecule has 1 aliphatic heterocycles. The monoisotopic (exact) mass is 407 g/mol. The van der Waals surface area contributed by atoms with Crippen LogP contribution in [-0.2, 0) is 0 Å². The molecule has 0 spiro atoms. The van der Waals surface area contributed by atoms with Gasteiger partial charge in [0.1, 0.15) is 0 Å². The number of rotatable bonds is 8. The number of aromatic amines is 1. The van der Waals surface area contributed by atoms with Crippen molar-refractivity contribution in [1.29, 1.82) is 0 Å². The first-order valence-electron chi connectivity index (χ1n) is 10.6. The van der Waals surface area contributed by atoms with Crippen LogP contribution in [0.4, 0.5) is 5.69 Å². The first-order chi connectivity index (χ1) is 14.2. The Labute approximate surface area is 176 Å². The fourth-order valence-electron chi connectivity index (χ4n) is 3.99. The molecular formula is C24H29N3OS. The fraction of sp³-hybridized carbons (Fsp3) is 0.375. The van der Waals surface area contributed by atoms with Gasteiger partial charge in [-0.25, -0.2) is 0 Å². The minimum Gasteiger partial charge on any atom is -0.361 e. The molecule has 1 amide bonds. The van der Waals surface area contributed by atoms with Crippen molar-refractivity contribution in [1.82, 2.24) is 9.88 Å². The molecule has 0 unspecified atom stereocenters. The van der Waals surface area contributed by atoms with Gasteiger partial charge in [-0.2, -0.15) is 0 Å². The highest BCUT2D eigenvalue weighted by Gasteiger charge is 2.16. The third-order valence-electron chi connectivity index (χ3n) is 5.65. The van der Waals surface area contributed by atoms with E-state index in [1.165, 1.54) is 60.1 Å². The van der Waals surface area contributed by atoms with Gasteiger partial charge >= 0.3 is 0 Å². The molecule has 5 heteroatoms. The summed E-state index contributed by atoms with van der Waals surface area (Å²) in [6.45, 7) is 5.62. The number of carbonyl (C=O) groups excluding carboxylic acids is 1. The summed E-state index contributed by atoms with van der Waals surface area (Å²) in [7, 11) is 0. The number of aromatic nitrogens is 1. The maximum atomic E-state index is 12.4. The zero-order valence-corrected chi connectivity index (χ0v) is 17.9. The van der Waals surface area contributed by atoms with Crippen molar-refractivity contribution in [3.05, 3.63) is 58.4 Å². The molecule has 4 rings (SSSR count). The number of anilines is 1. The number of hydrogen-bond donors (Lipinski definition) is 2. The summed E-state index contributed by atoms with van der Waals surface area (Å²) in [6.07, 6.45) is 10.8. The van der Waals surface area contributed by atoms with Gasteiger partial charge < -0.3 is 10.3 Å². The van der Waals surface area contributed by atoms with Crippen LogP contribution in [0, 0.1) is 0 Å². The van der Waals surface area contributed by atoms with Crippen molar-refractivity contribution in [3.8, 4) is 0 Å². The molecule has 0 atom stereocenters. The van der Waals surface area contributed by atoms with Gasteiger partial charge in [-0.15, -0.1) is 11.3 Å². The van der Waals surface area contributed by atoms with Gasteiger partial charge in [0.05, 0.1) is 4.88 Å². The van der Waals surface area contributed by atoms with E-state index in [0.717, 1.165) is 35.6 Å². The predicted molar refractivity (Wildman–Crippen MR) is 124 cm³/mol. The Balaban J connectivity index is 1.45. The van der Waals surface area contributed by atoms with Gasteiger partial charge in [-0.3, -0.25) is 9.69 Å². The molecule has 0 saturated carbocycles. The van der Waals surface area contributed by atoms with E-state index < -0.39 is 0 Å². The largest absolute Gasteiger partial charge is 0.361 e. The number of benzene rings is 1. The number of hydrogen-bond acceptors (Lipinski definition) is 3. The van der Waals surface area contributed by atoms with E-state index in [2.05, 4.69) is 40.5 Å². The Hall–Kier alpha value is -2.37. The number of nitrogens with zero attached hydrogens (tertiary/aromatic N) is 1. The van der Waals surface area contributed by atoms with E-state index in [1.807, 2.05) is 29.6 Å². The Kier molecular flexibility index (Phi) is 6.47. The average Bonchev–Trinajstić information content (AvgIpc) is 3.42. The topological polar surface area (TPSA) is 48.1 Å². The minimum atomic E-state index is -0.0490. The highest BCUT2D eigenvalue weighted by atomic mass is 32.1. The second-order valence-electron chi connectivity index (χ2n) is 7.73. The SMILES string of the molecule is CCCCCCN1CC=C(c2c[nH]c3ccc(NC(=O)c4cccs4)cc23)CC1. The molecule has 3 aromatic rings. The lowest BCUT2D eigenvalue weighted by atomic mass is 9.98. The zero-order valence-electron chi connectivity index (χ0n) is 17.0. The number of unbranched alkanes of at least 4 members (excludes halogenated alkanes) is 3. The second-order valence-corrected chi connectivity index (χ2v) is 8.68. The first kappa shape index (κ1) is 19.9. The van der Waals surface area contributed by atoms with Gasteiger partial charge in [0, 0.05) is 41.4 Å². The second kappa shape index (κ2) is 9.42. The number of amides is 1. The van der Waals surface area contributed by atoms with Crippen LogP contribution in [0.2, 0.25) is 0 Å². The molecule has 3 heterocycles. The summed E-state index contributed by atoms with van der Waals surface area (Å²) in [5, 5.41) is 6.13. The third kappa shape index (κ3) is 4.80. The quantitative estimate of drug-likeness (QED) is 0.440. The van der Waals surface area contributed by atoms with Crippen LogP contribution in [0.15, 0.2) is 48.0 Å². The molecule has 2 aromatic heterocycles. The van der Waals surface area contributed by atoms with Crippen LogP contribution < -0.4 is 5.32 Å². The maximum absolute atomic E-state index is 12.4. The molecule has 1 aromatic carbocycles. The van der Waals surface area contributed by atoms with E-state index >= 15 is 0 Å². The van der Waals surface area contributed by atoms with Crippen LogP contribution in [0.1, 0.15) is 54.3 Å². The van der Waals surface area contributed by atoms with E-state index in [9.17, 15) is 4.79 Å². The summed E-state index contributed by atoms with van der Waals surface area (Å²) in [5.74, 6) is -0.0490. The number of fused-ring (bicyclic) bond motifs is 1. The normalized spacial score (nSPS) is 14.9. The number of thiophene rings is 1. The molecule has 0 fully saturated rings. The zero-order chi connectivity index (χ0) is 20.1. The Bertz CT molecular complexity index is 987. The van der Waals surface area contributed by atoms with Crippen molar-refractivity contribution in [2.45, 2.75) is 39.0 Å². The van der Waals surface area contributed by atoms with Gasteiger partial charge in [0.2, 0.25) is 0 Å². The predicted octanol–water partition coefficient (Wildman–Crippen LogP) is 6.15. The standard InChI is InChI=1S/C24H29N3OS/c1-2-3-4-5-12-27-13-10-18(11-14-27)21-17-25-22-9-8-19(16-20(21)22)26-24(28)23-7-6-15-29-23/h6-10,15-17,25H,2-5,11-14H2,1H3,(H,26,28). The summed E-state index contributed by atoms with van der Waals surface area (Å²) in [4.78, 5) is 19.0. The maximum Gasteiger partial charge on any atom is 0.265 e. The third-order valence-corrected chi connectivity index (χ3v) is 6.52. The Morgan fingerprint density at radius 1 is 1.24 bits per heavy atom. The minimum absolute atomic E-state index is 0.0490. The summed E-state index contributed by atoms with van der Waals surface area (Å²) in [6, 6.07) is 9.84. The molecule has 152 valence electrons. The van der Waals surface area contributed by atoms with Crippen LogP contribution in [-0.4, -0.2) is 35.4 Å². The molecule has 0 saturated heterocycles. The van der Waals surface area contributed by atoms with Crippen molar-refractivity contribution < 1.29 is 4.79 Å². The van der Waals surface area contributed by atoms with E-state index in [4.69, 9.17) is 0 Å². The van der Waals surface area contributed by atoms with Gasteiger partial charge in [-0.05, 0) is 54.6 Å². The Morgan fingerprint density at radius 3 is 2.93 bits per heavy atom. The first-order valence-corrected chi connectivity index (χ1v) is 11.5. The van der Waals surface area contributed by atoms with Crippen LogP contribution in [0.3, 0.4) is 0 Å². The van der Waals surface area contributed by atoms with Crippen LogP contribution in [0.5, 0.6) is 0 Å². The lowest BCUT2D eigenvalue weighted by Gasteiger charge is -2.26. The summed E-state index contributed by atoms with van der Waals surface area (Å²) >= 11 is 1.46. The molecule has 29 heavy (non-hydrogen) atoms. The van der Waals surface area contributed by atoms with Crippen molar-refractivity contribution in [3.63, 3.8) is 0 Å². The lowest BCUT2D eigenvalue weighted by molar-refractivity contribution is 0.103. The molecule has 2 N–H and O–H groups in total. The molecule has 0 aliphatic carbocycles. The number of H-pyrrole nitrogens is 1. The van der Waals surface area contributed by atoms with Crippen molar-refractivity contribution in [2.24, 2.45) is 0 Å². The van der Waals surface area contributed by atoms with Gasteiger partial charge in [-0.1, -0.05) is 38.3 Å². The van der Waals surface area contributed by atoms with Crippen LogP contribution in [0.25, 0.3) is 16.5 Å². The van der Waals surface area contributed by atoms with Crippen LogP contribution >= 0.6 is 11.3 Å². The lowest BCUT2D eigenvalue weighted by Crippen LogP contribution is -2.29. The average molecular weight is 408 g/mol. The molecule has 0 radical (unpaired) electrons. The van der Waals surface area contributed by atoms with E-state index in [-0.39, 0.29) is 5.91 Å². The fourth-order valence-corrected chi connectivity index (χ4v) is 4.60. The van der Waals surface area contributed by atoms with Crippen molar-refractivity contribution in [2.75, 3.05) is 25.0 Å². The molecule has 0 bridgehead atoms. The molecular weight excluding hydrogens is 378 g/mol.